The second-order valence-electron chi connectivity index (χ2n) is 25.3. The fraction of sp³-hybridized carbons (Fsp3) is 0.919. The third kappa shape index (κ3) is 65.5. The number of esters is 1. The average molecular weight is 1130 g/mol. The summed E-state index contributed by atoms with van der Waals surface area (Å²) in [4.78, 5) is 24.6. The minimum atomic E-state index is -0.843. The number of aliphatic hydroxyl groups excluding tert-OH is 2. The van der Waals surface area contributed by atoms with Crippen LogP contribution in [0, 0.1) is 0 Å². The van der Waals surface area contributed by atoms with Crippen LogP contribution in [-0.2, 0) is 14.3 Å². The maximum absolute atomic E-state index is 12.5. The van der Waals surface area contributed by atoms with Crippen LogP contribution in [0.3, 0.4) is 0 Å². The van der Waals surface area contributed by atoms with Gasteiger partial charge in [-0.3, -0.25) is 9.59 Å². The first-order valence-corrected chi connectivity index (χ1v) is 36.6. The van der Waals surface area contributed by atoms with Crippen molar-refractivity contribution in [3.63, 3.8) is 0 Å². The van der Waals surface area contributed by atoms with Gasteiger partial charge in [-0.2, -0.15) is 0 Å². The van der Waals surface area contributed by atoms with Crippen LogP contribution in [0.15, 0.2) is 24.3 Å². The number of aliphatic hydroxyl groups is 2. The predicted octanol–water partition coefficient (Wildman–Crippen LogP) is 23.7. The molecule has 0 aromatic carbocycles. The molecule has 0 heterocycles. The topological polar surface area (TPSA) is 95.9 Å². The third-order valence-electron chi connectivity index (χ3n) is 17.2. The maximum atomic E-state index is 12.5. The highest BCUT2D eigenvalue weighted by Gasteiger charge is 2.18. The molecular weight excluding hydrogens is 983 g/mol. The van der Waals surface area contributed by atoms with E-state index in [0.717, 1.165) is 44.9 Å². The van der Waals surface area contributed by atoms with E-state index in [0.29, 0.717) is 19.4 Å². The Morgan fingerprint density at radius 3 is 0.887 bits per heavy atom. The molecule has 6 nitrogen and oxygen atoms in total. The number of rotatable bonds is 69. The van der Waals surface area contributed by atoms with Crippen LogP contribution in [0.1, 0.15) is 412 Å². The zero-order chi connectivity index (χ0) is 57.8. The van der Waals surface area contributed by atoms with E-state index in [-0.39, 0.29) is 18.5 Å². The summed E-state index contributed by atoms with van der Waals surface area (Å²) in [6, 6.07) is -0.626. The van der Waals surface area contributed by atoms with Crippen LogP contribution >= 0.6 is 0 Å². The smallest absolute Gasteiger partial charge is 0.305 e. The monoisotopic (exact) mass is 1130 g/mol. The highest BCUT2D eigenvalue weighted by atomic mass is 16.5. The first kappa shape index (κ1) is 78.3. The van der Waals surface area contributed by atoms with E-state index < -0.39 is 12.1 Å². The van der Waals surface area contributed by atoms with Crippen LogP contribution in [-0.4, -0.2) is 47.4 Å². The fourth-order valence-corrected chi connectivity index (χ4v) is 11.6. The molecule has 0 saturated carbocycles. The van der Waals surface area contributed by atoms with Gasteiger partial charge >= 0.3 is 5.97 Å². The molecule has 474 valence electrons. The standard InChI is InChI=1S/C74H143NO5/c1-3-5-7-9-11-13-15-17-19-20-21-33-36-39-42-46-50-54-58-62-66-72(77)71(70-76)75-73(78)67-63-59-55-51-47-43-40-37-34-31-29-27-25-23-22-24-26-28-30-32-35-38-41-45-49-53-57-61-65-69-80-74(79)68-64-60-56-52-48-44-18-16-14-12-10-8-6-4-2/h16,18,62,66,71-72,76-77H,3-15,17,19-61,63-65,67-70H2,1-2H3,(H,75,78)/b18-16-,66-62+. The van der Waals surface area contributed by atoms with Crippen molar-refractivity contribution in [2.45, 2.75) is 424 Å². The fourth-order valence-electron chi connectivity index (χ4n) is 11.6. The van der Waals surface area contributed by atoms with Crippen molar-refractivity contribution < 1.29 is 24.5 Å². The van der Waals surface area contributed by atoms with E-state index in [1.54, 1.807) is 6.08 Å². The first-order chi connectivity index (χ1) is 39.5. The molecule has 0 saturated heterocycles. The van der Waals surface area contributed by atoms with Crippen molar-refractivity contribution in [1.29, 1.82) is 0 Å². The lowest BCUT2D eigenvalue weighted by molar-refractivity contribution is -0.143. The Kier molecular flexibility index (Phi) is 68.4. The largest absolute Gasteiger partial charge is 0.466 e. The van der Waals surface area contributed by atoms with Crippen LogP contribution in [0.4, 0.5) is 0 Å². The van der Waals surface area contributed by atoms with Gasteiger partial charge in [0.1, 0.15) is 0 Å². The van der Waals surface area contributed by atoms with Gasteiger partial charge in [0.25, 0.3) is 0 Å². The van der Waals surface area contributed by atoms with E-state index >= 15 is 0 Å². The SMILES string of the molecule is CCCCCCC/C=C\CCCCCCCC(=O)OCCCCCCCCCCCCCCCCCCCCCCCCCCCCCCCC(=O)NC(CO)C(O)/C=C/CCCCCCCCCCCCCCCCCCCC. The van der Waals surface area contributed by atoms with E-state index in [4.69, 9.17) is 4.74 Å². The van der Waals surface area contributed by atoms with Gasteiger partial charge in [-0.25, -0.2) is 0 Å². The zero-order valence-electron chi connectivity index (χ0n) is 54.3. The molecule has 6 heteroatoms. The molecule has 0 spiro atoms. The van der Waals surface area contributed by atoms with E-state index in [9.17, 15) is 19.8 Å². The lowest BCUT2D eigenvalue weighted by Gasteiger charge is -2.20. The molecule has 3 N–H and O–H groups in total. The number of hydrogen-bond acceptors (Lipinski definition) is 5. The highest BCUT2D eigenvalue weighted by Crippen LogP contribution is 2.19. The van der Waals surface area contributed by atoms with Gasteiger partial charge in [0, 0.05) is 12.8 Å². The molecule has 0 bridgehead atoms. The first-order valence-electron chi connectivity index (χ1n) is 36.6. The normalized spacial score (nSPS) is 12.6. The number of unbranched alkanes of at least 4 members (excludes halogenated alkanes) is 56. The molecule has 0 aromatic heterocycles. The number of carbonyl (C=O) groups is 2. The third-order valence-corrected chi connectivity index (χ3v) is 17.2. The lowest BCUT2D eigenvalue weighted by atomic mass is 10.0. The number of hydrogen-bond donors (Lipinski definition) is 3. The minimum Gasteiger partial charge on any atom is -0.466 e. The van der Waals surface area contributed by atoms with Crippen LogP contribution in [0.25, 0.3) is 0 Å². The molecular formula is C74H143NO5. The zero-order valence-corrected chi connectivity index (χ0v) is 54.3. The van der Waals surface area contributed by atoms with Gasteiger partial charge in [-0.05, 0) is 57.8 Å². The molecule has 0 aliphatic heterocycles. The number of carbonyl (C=O) groups excluding carboxylic acids is 2. The summed E-state index contributed by atoms with van der Waals surface area (Å²) < 4.78 is 5.49. The molecule has 2 unspecified atom stereocenters. The minimum absolute atomic E-state index is 0.0113. The predicted molar refractivity (Wildman–Crippen MR) is 352 cm³/mol. The van der Waals surface area contributed by atoms with Crippen molar-refractivity contribution in [2.24, 2.45) is 0 Å². The Balaban J connectivity index is 3.36. The quantitative estimate of drug-likeness (QED) is 0.0320. The Morgan fingerprint density at radius 1 is 0.338 bits per heavy atom. The van der Waals surface area contributed by atoms with Gasteiger partial charge < -0.3 is 20.3 Å². The summed E-state index contributed by atoms with van der Waals surface area (Å²) in [5.41, 5.74) is 0. The molecule has 0 aliphatic carbocycles. The van der Waals surface area contributed by atoms with Crippen LogP contribution in [0.5, 0.6) is 0 Å². The van der Waals surface area contributed by atoms with Gasteiger partial charge in [-0.1, -0.05) is 366 Å². The van der Waals surface area contributed by atoms with Crippen LogP contribution < -0.4 is 5.32 Å². The van der Waals surface area contributed by atoms with Crippen molar-refractivity contribution >= 4 is 11.9 Å². The van der Waals surface area contributed by atoms with E-state index in [1.807, 2.05) is 6.08 Å². The van der Waals surface area contributed by atoms with Crippen molar-refractivity contribution in [3.8, 4) is 0 Å². The molecule has 0 radical (unpaired) electrons. The summed E-state index contributed by atoms with van der Waals surface area (Å²) in [6.07, 6.45) is 88.4. The van der Waals surface area contributed by atoms with Gasteiger partial charge in [0.2, 0.25) is 5.91 Å². The van der Waals surface area contributed by atoms with Gasteiger partial charge in [-0.15, -0.1) is 0 Å². The van der Waals surface area contributed by atoms with Gasteiger partial charge in [0.05, 0.1) is 25.4 Å². The van der Waals surface area contributed by atoms with Crippen LogP contribution in [0.2, 0.25) is 0 Å². The Labute approximate surface area is 501 Å². The van der Waals surface area contributed by atoms with E-state index in [1.165, 1.54) is 340 Å². The summed E-state index contributed by atoms with van der Waals surface area (Å²) in [7, 11) is 0. The number of amides is 1. The Bertz CT molecular complexity index is 1250. The van der Waals surface area contributed by atoms with Gasteiger partial charge in [0.15, 0.2) is 0 Å². The lowest BCUT2D eigenvalue weighted by Crippen LogP contribution is -2.45. The Morgan fingerprint density at radius 2 is 0.588 bits per heavy atom. The average Bonchev–Trinajstić information content (AvgIpc) is 3.46. The van der Waals surface area contributed by atoms with Crippen molar-refractivity contribution in [3.05, 3.63) is 24.3 Å². The molecule has 2 atom stereocenters. The van der Waals surface area contributed by atoms with Crippen molar-refractivity contribution in [2.75, 3.05) is 13.2 Å². The molecule has 1 amide bonds. The second kappa shape index (κ2) is 69.8. The molecule has 0 aromatic rings. The molecule has 80 heavy (non-hydrogen) atoms. The highest BCUT2D eigenvalue weighted by molar-refractivity contribution is 5.76. The summed E-state index contributed by atoms with van der Waals surface area (Å²) in [5.74, 6) is -0.0490. The molecule has 0 aliphatic rings. The van der Waals surface area contributed by atoms with Crippen molar-refractivity contribution in [1.82, 2.24) is 5.32 Å². The second-order valence-corrected chi connectivity index (χ2v) is 25.3. The van der Waals surface area contributed by atoms with E-state index in [2.05, 4.69) is 31.3 Å². The number of allylic oxidation sites excluding steroid dienone is 3. The Hall–Kier alpha value is -1.66. The number of nitrogens with one attached hydrogen (secondary N) is 1. The summed E-state index contributed by atoms with van der Waals surface area (Å²) >= 11 is 0. The maximum Gasteiger partial charge on any atom is 0.305 e. The molecule has 0 rings (SSSR count). The summed E-state index contributed by atoms with van der Waals surface area (Å²) in [5, 5.41) is 23.3. The number of ether oxygens (including phenoxy) is 1. The summed E-state index contributed by atoms with van der Waals surface area (Å²) in [6.45, 7) is 4.93. The molecule has 0 fully saturated rings.